The van der Waals surface area contributed by atoms with Crippen molar-refractivity contribution in [3.8, 4) is 6.07 Å². The van der Waals surface area contributed by atoms with Crippen molar-refractivity contribution in [2.45, 2.75) is 32.2 Å². The molecule has 0 bridgehead atoms. The zero-order valence-electron chi connectivity index (χ0n) is 17.4. The van der Waals surface area contributed by atoms with Crippen LogP contribution in [0.25, 0.3) is 0 Å². The Hall–Kier alpha value is -3.19. The molecule has 4 heterocycles. The number of hydrogen-bond donors (Lipinski definition) is 2. The number of β-lactam (4-membered cyclic amide) rings is 1. The Morgan fingerprint density at radius 1 is 1.37 bits per heavy atom. The van der Waals surface area contributed by atoms with E-state index in [4.69, 9.17) is 0 Å². The topological polar surface area (TPSA) is 115 Å². The first-order valence-electron chi connectivity index (χ1n) is 10.3. The highest BCUT2D eigenvalue weighted by molar-refractivity contribution is 5.81. The molecule has 4 rings (SSSR count). The Morgan fingerprint density at radius 3 is 2.90 bits per heavy atom. The average molecular weight is 409 g/mol. The summed E-state index contributed by atoms with van der Waals surface area (Å²) in [5, 5.41) is 20.4. The third-order valence-corrected chi connectivity index (χ3v) is 5.66. The Labute approximate surface area is 175 Å². The van der Waals surface area contributed by atoms with Gasteiger partial charge >= 0.3 is 0 Å². The lowest BCUT2D eigenvalue weighted by atomic mass is 10.2. The molecule has 2 fully saturated rings. The molecule has 0 spiro atoms. The van der Waals surface area contributed by atoms with Gasteiger partial charge in [0.1, 0.15) is 17.5 Å². The van der Waals surface area contributed by atoms with Crippen LogP contribution in [-0.4, -0.2) is 75.2 Å². The molecule has 10 nitrogen and oxygen atoms in total. The average Bonchev–Trinajstić information content (AvgIpc) is 3.32. The predicted molar refractivity (Wildman–Crippen MR) is 112 cm³/mol. The fraction of sp³-hybridized carbons (Fsp3) is 0.550. The molecule has 0 aromatic carbocycles. The first-order valence-corrected chi connectivity index (χ1v) is 10.3. The number of carbonyl (C=O) groups is 1. The van der Waals surface area contributed by atoms with Gasteiger partial charge in [0.15, 0.2) is 0 Å². The summed E-state index contributed by atoms with van der Waals surface area (Å²) in [5.41, 5.74) is 2.13. The molecular weight excluding hydrogens is 382 g/mol. The standard InChI is InChI=1S/C20H27N9O/c1-14-17(13-29(26-14)16-4-8-27(2)12-16)24-20-23-11-15(10-21)19(25-20)22-6-3-7-28-9-5-18(28)30/h11,13,16H,3-9,12H2,1-2H3,(H2,22,23,24,25). The molecule has 1 atom stereocenters. The molecule has 1 unspecified atom stereocenters. The van der Waals surface area contributed by atoms with Crippen molar-refractivity contribution in [1.29, 1.82) is 5.26 Å². The Morgan fingerprint density at radius 2 is 2.23 bits per heavy atom. The minimum absolute atomic E-state index is 0.210. The molecule has 1 amide bonds. The van der Waals surface area contributed by atoms with Crippen LogP contribution < -0.4 is 10.6 Å². The van der Waals surface area contributed by atoms with Crippen molar-refractivity contribution in [1.82, 2.24) is 29.5 Å². The molecule has 2 N–H and O–H groups in total. The summed E-state index contributed by atoms with van der Waals surface area (Å²) in [4.78, 5) is 24.3. The predicted octanol–water partition coefficient (Wildman–Crippen LogP) is 1.51. The number of hydrogen-bond acceptors (Lipinski definition) is 8. The van der Waals surface area contributed by atoms with Crippen LogP contribution in [0.15, 0.2) is 12.4 Å². The zero-order valence-corrected chi connectivity index (χ0v) is 17.4. The first kappa shape index (κ1) is 20.1. The maximum atomic E-state index is 11.4. The Balaban J connectivity index is 1.39. The summed E-state index contributed by atoms with van der Waals surface area (Å²) < 4.78 is 2.01. The fourth-order valence-electron chi connectivity index (χ4n) is 3.77. The summed E-state index contributed by atoms with van der Waals surface area (Å²) in [5.74, 6) is 1.12. The van der Waals surface area contributed by atoms with Crippen molar-refractivity contribution in [3.63, 3.8) is 0 Å². The molecule has 0 radical (unpaired) electrons. The smallest absolute Gasteiger partial charge is 0.229 e. The van der Waals surface area contributed by atoms with Crippen molar-refractivity contribution in [2.24, 2.45) is 0 Å². The normalized spacial score (nSPS) is 18.9. The van der Waals surface area contributed by atoms with Crippen LogP contribution in [0.4, 0.5) is 17.5 Å². The number of rotatable bonds is 8. The molecule has 2 aromatic heterocycles. The van der Waals surface area contributed by atoms with Gasteiger partial charge in [-0.05, 0) is 33.4 Å². The van der Waals surface area contributed by atoms with E-state index in [1.54, 1.807) is 0 Å². The number of nitrogens with one attached hydrogen (secondary N) is 2. The van der Waals surface area contributed by atoms with E-state index < -0.39 is 0 Å². The van der Waals surface area contributed by atoms with Gasteiger partial charge in [-0.2, -0.15) is 15.3 Å². The van der Waals surface area contributed by atoms with E-state index in [1.165, 1.54) is 6.20 Å². The number of aromatic nitrogens is 4. The first-order chi connectivity index (χ1) is 14.5. The van der Waals surface area contributed by atoms with Gasteiger partial charge in [0.2, 0.25) is 11.9 Å². The van der Waals surface area contributed by atoms with Gasteiger partial charge in [-0.25, -0.2) is 4.98 Å². The van der Waals surface area contributed by atoms with E-state index in [2.05, 4.69) is 43.7 Å². The molecule has 0 aliphatic carbocycles. The number of anilines is 3. The zero-order chi connectivity index (χ0) is 21.1. The highest BCUT2D eigenvalue weighted by atomic mass is 16.2. The molecule has 158 valence electrons. The Bertz CT molecular complexity index is 964. The molecule has 2 aromatic rings. The van der Waals surface area contributed by atoms with E-state index in [1.807, 2.05) is 22.7 Å². The second-order valence-corrected chi connectivity index (χ2v) is 7.92. The lowest BCUT2D eigenvalue weighted by molar-refractivity contribution is -0.139. The van der Waals surface area contributed by atoms with Crippen LogP contribution >= 0.6 is 0 Å². The summed E-state index contributed by atoms with van der Waals surface area (Å²) in [6.07, 6.45) is 6.05. The number of carbonyl (C=O) groups excluding carboxylic acids is 1. The summed E-state index contributed by atoms with van der Waals surface area (Å²) in [6, 6.07) is 2.50. The molecular formula is C20H27N9O. The third-order valence-electron chi connectivity index (χ3n) is 5.66. The van der Waals surface area contributed by atoms with E-state index in [-0.39, 0.29) is 5.91 Å². The van der Waals surface area contributed by atoms with E-state index >= 15 is 0 Å². The number of amides is 1. The number of nitriles is 1. The van der Waals surface area contributed by atoms with E-state index in [0.717, 1.165) is 50.4 Å². The van der Waals surface area contributed by atoms with Crippen LogP contribution in [0, 0.1) is 18.3 Å². The van der Waals surface area contributed by atoms with Crippen molar-refractivity contribution in [3.05, 3.63) is 23.7 Å². The second kappa shape index (κ2) is 8.67. The number of aryl methyl sites for hydroxylation is 1. The molecule has 2 aliphatic rings. The second-order valence-electron chi connectivity index (χ2n) is 7.92. The van der Waals surface area contributed by atoms with Crippen molar-refractivity contribution < 1.29 is 4.79 Å². The maximum Gasteiger partial charge on any atom is 0.229 e. The van der Waals surface area contributed by atoms with Crippen LogP contribution in [0.2, 0.25) is 0 Å². The molecule has 10 heteroatoms. The van der Waals surface area contributed by atoms with Crippen molar-refractivity contribution >= 4 is 23.4 Å². The molecule has 2 aliphatic heterocycles. The lowest BCUT2D eigenvalue weighted by Crippen LogP contribution is -2.44. The largest absolute Gasteiger partial charge is 0.369 e. The van der Waals surface area contributed by atoms with Gasteiger partial charge in [0.25, 0.3) is 0 Å². The molecule has 0 saturated carbocycles. The SMILES string of the molecule is Cc1nn(C2CCN(C)C2)cc1Nc1ncc(C#N)c(NCCCN2CCC2=O)n1. The van der Waals surface area contributed by atoms with Gasteiger partial charge in [0, 0.05) is 38.8 Å². The summed E-state index contributed by atoms with van der Waals surface area (Å²) >= 11 is 0. The lowest BCUT2D eigenvalue weighted by Gasteiger charge is -2.30. The quantitative estimate of drug-likeness (QED) is 0.498. The van der Waals surface area contributed by atoms with E-state index in [0.29, 0.717) is 36.3 Å². The van der Waals surface area contributed by atoms with Crippen LogP contribution in [0.3, 0.4) is 0 Å². The fourth-order valence-corrected chi connectivity index (χ4v) is 3.77. The molecule has 2 saturated heterocycles. The third kappa shape index (κ3) is 4.36. The van der Waals surface area contributed by atoms with Crippen molar-refractivity contribution in [2.75, 3.05) is 50.4 Å². The highest BCUT2D eigenvalue weighted by Crippen LogP contribution is 2.25. The summed E-state index contributed by atoms with van der Waals surface area (Å²) in [6.45, 7) is 6.21. The van der Waals surface area contributed by atoms with Gasteiger partial charge in [-0.15, -0.1) is 0 Å². The van der Waals surface area contributed by atoms with Gasteiger partial charge in [-0.3, -0.25) is 9.48 Å². The van der Waals surface area contributed by atoms with Gasteiger partial charge in [0.05, 0.1) is 23.6 Å². The number of nitrogens with zero attached hydrogens (tertiary/aromatic N) is 7. The maximum absolute atomic E-state index is 11.4. The van der Waals surface area contributed by atoms with Crippen LogP contribution in [0.1, 0.15) is 36.6 Å². The van der Waals surface area contributed by atoms with Crippen LogP contribution in [-0.2, 0) is 4.79 Å². The van der Waals surface area contributed by atoms with Gasteiger partial charge in [-0.1, -0.05) is 0 Å². The monoisotopic (exact) mass is 409 g/mol. The highest BCUT2D eigenvalue weighted by Gasteiger charge is 2.23. The Kier molecular flexibility index (Phi) is 5.81. The van der Waals surface area contributed by atoms with Crippen LogP contribution in [0.5, 0.6) is 0 Å². The number of likely N-dealkylation sites (tertiary alicyclic amines) is 2. The molecule has 30 heavy (non-hydrogen) atoms. The minimum atomic E-state index is 0.210. The van der Waals surface area contributed by atoms with E-state index in [9.17, 15) is 10.1 Å². The van der Waals surface area contributed by atoms with Gasteiger partial charge < -0.3 is 20.4 Å². The number of likely N-dealkylation sites (N-methyl/N-ethyl adjacent to an activating group) is 1. The minimum Gasteiger partial charge on any atom is -0.369 e. The summed E-state index contributed by atoms with van der Waals surface area (Å²) in [7, 11) is 2.12.